The van der Waals surface area contributed by atoms with Gasteiger partial charge in [-0.3, -0.25) is 4.79 Å². The van der Waals surface area contributed by atoms with Crippen molar-refractivity contribution in [2.45, 2.75) is 6.42 Å². The van der Waals surface area contributed by atoms with E-state index in [1.807, 2.05) is 12.1 Å². The normalized spacial score (nSPS) is 15.2. The number of nitrogens with zero attached hydrogens (tertiary/aromatic N) is 2. The summed E-state index contributed by atoms with van der Waals surface area (Å²) in [7, 11) is 2.10. The van der Waals surface area contributed by atoms with Gasteiger partial charge in [0.25, 0.3) is 0 Å². The maximum absolute atomic E-state index is 13.3. The van der Waals surface area contributed by atoms with Crippen LogP contribution >= 0.6 is 11.6 Å². The van der Waals surface area contributed by atoms with Gasteiger partial charge in [-0.05, 0) is 42.9 Å². The van der Waals surface area contributed by atoms with E-state index in [9.17, 15) is 9.18 Å². The third kappa shape index (κ3) is 4.71. The molecule has 0 bridgehead atoms. The van der Waals surface area contributed by atoms with Gasteiger partial charge in [0, 0.05) is 31.2 Å². The molecule has 132 valence electrons. The van der Waals surface area contributed by atoms with Crippen molar-refractivity contribution in [1.29, 1.82) is 0 Å². The van der Waals surface area contributed by atoms with Gasteiger partial charge in [-0.1, -0.05) is 23.7 Å². The minimum Gasteiger partial charge on any atom is -0.367 e. The molecule has 0 aromatic heterocycles. The Kier molecular flexibility index (Phi) is 5.56. The third-order valence-corrected chi connectivity index (χ3v) is 4.57. The number of halogens is 2. The van der Waals surface area contributed by atoms with E-state index in [1.54, 1.807) is 18.2 Å². The smallest absolute Gasteiger partial charge is 0.228 e. The zero-order valence-electron chi connectivity index (χ0n) is 14.1. The van der Waals surface area contributed by atoms with Gasteiger partial charge in [0.15, 0.2) is 0 Å². The van der Waals surface area contributed by atoms with Crippen LogP contribution in [0.25, 0.3) is 0 Å². The highest BCUT2D eigenvalue weighted by molar-refractivity contribution is 6.31. The molecule has 25 heavy (non-hydrogen) atoms. The number of anilines is 2. The second-order valence-corrected chi connectivity index (χ2v) is 6.74. The standard InChI is InChI=1S/C19H21ClFN3O/c1-23-7-9-24(10-8-23)18-6-5-15(20)13-17(18)22-19(25)12-14-3-2-4-16(21)11-14/h2-6,11,13H,7-10,12H2,1H3,(H,22,25). The minimum absolute atomic E-state index is 0.118. The third-order valence-electron chi connectivity index (χ3n) is 4.33. The first-order valence-corrected chi connectivity index (χ1v) is 8.66. The van der Waals surface area contributed by atoms with Gasteiger partial charge in [-0.2, -0.15) is 0 Å². The van der Waals surface area contributed by atoms with Crippen LogP contribution in [0, 0.1) is 5.82 Å². The van der Waals surface area contributed by atoms with Gasteiger partial charge in [0.1, 0.15) is 5.82 Å². The van der Waals surface area contributed by atoms with Gasteiger partial charge in [0.05, 0.1) is 17.8 Å². The van der Waals surface area contributed by atoms with Gasteiger partial charge in [-0.15, -0.1) is 0 Å². The van der Waals surface area contributed by atoms with Crippen molar-refractivity contribution in [3.8, 4) is 0 Å². The number of hydrogen-bond acceptors (Lipinski definition) is 3. The predicted octanol–water partition coefficient (Wildman–Crippen LogP) is 3.41. The summed E-state index contributed by atoms with van der Waals surface area (Å²) in [4.78, 5) is 16.9. The Bertz CT molecular complexity index is 760. The number of benzene rings is 2. The van der Waals surface area contributed by atoms with E-state index in [1.165, 1.54) is 12.1 Å². The fraction of sp³-hybridized carbons (Fsp3) is 0.316. The average molecular weight is 362 g/mol. The van der Waals surface area contributed by atoms with E-state index in [0.29, 0.717) is 16.3 Å². The van der Waals surface area contributed by atoms with E-state index >= 15 is 0 Å². The molecule has 0 saturated carbocycles. The molecule has 1 amide bonds. The largest absolute Gasteiger partial charge is 0.367 e. The summed E-state index contributed by atoms with van der Waals surface area (Å²) < 4.78 is 13.3. The zero-order valence-corrected chi connectivity index (χ0v) is 14.9. The molecule has 0 atom stereocenters. The highest BCUT2D eigenvalue weighted by Crippen LogP contribution is 2.30. The van der Waals surface area contributed by atoms with Gasteiger partial charge in [-0.25, -0.2) is 4.39 Å². The molecule has 1 aliphatic heterocycles. The highest BCUT2D eigenvalue weighted by atomic mass is 35.5. The average Bonchev–Trinajstić information content (AvgIpc) is 2.56. The predicted molar refractivity (Wildman–Crippen MR) is 99.9 cm³/mol. The molecule has 1 fully saturated rings. The van der Waals surface area contributed by atoms with Crippen LogP contribution in [-0.4, -0.2) is 44.0 Å². The maximum Gasteiger partial charge on any atom is 0.228 e. The Hall–Kier alpha value is -2.11. The lowest BCUT2D eigenvalue weighted by molar-refractivity contribution is -0.115. The monoisotopic (exact) mass is 361 g/mol. The summed E-state index contributed by atoms with van der Waals surface area (Å²) in [5.74, 6) is -0.533. The number of piperazine rings is 1. The van der Waals surface area contributed by atoms with E-state index in [-0.39, 0.29) is 18.1 Å². The van der Waals surface area contributed by atoms with Crippen molar-refractivity contribution in [3.05, 3.63) is 58.9 Å². The fourth-order valence-corrected chi connectivity index (χ4v) is 3.13. The quantitative estimate of drug-likeness (QED) is 0.906. The Morgan fingerprint density at radius 3 is 2.64 bits per heavy atom. The number of rotatable bonds is 4. The van der Waals surface area contributed by atoms with E-state index in [0.717, 1.165) is 31.9 Å². The Morgan fingerprint density at radius 2 is 1.92 bits per heavy atom. The molecular weight excluding hydrogens is 341 g/mol. The number of hydrogen-bond donors (Lipinski definition) is 1. The maximum atomic E-state index is 13.3. The molecule has 1 N–H and O–H groups in total. The fourth-order valence-electron chi connectivity index (χ4n) is 2.96. The zero-order chi connectivity index (χ0) is 17.8. The van der Waals surface area contributed by atoms with Crippen molar-refractivity contribution in [1.82, 2.24) is 4.90 Å². The number of carbonyl (C=O) groups is 1. The van der Waals surface area contributed by atoms with Crippen LogP contribution in [0.3, 0.4) is 0 Å². The van der Waals surface area contributed by atoms with Crippen molar-refractivity contribution < 1.29 is 9.18 Å². The van der Waals surface area contributed by atoms with Gasteiger partial charge < -0.3 is 15.1 Å². The summed E-state index contributed by atoms with van der Waals surface area (Å²) in [6.45, 7) is 3.73. The van der Waals surface area contributed by atoms with Gasteiger partial charge >= 0.3 is 0 Å². The lowest BCUT2D eigenvalue weighted by Gasteiger charge is -2.35. The summed E-state index contributed by atoms with van der Waals surface area (Å²) in [6, 6.07) is 11.6. The van der Waals surface area contributed by atoms with Crippen molar-refractivity contribution in [2.75, 3.05) is 43.4 Å². The SMILES string of the molecule is CN1CCN(c2ccc(Cl)cc2NC(=O)Cc2cccc(F)c2)CC1. The van der Waals surface area contributed by atoms with Crippen molar-refractivity contribution in [2.24, 2.45) is 0 Å². The number of nitrogens with one attached hydrogen (secondary N) is 1. The summed E-state index contributed by atoms with van der Waals surface area (Å²) in [5, 5.41) is 3.50. The Morgan fingerprint density at radius 1 is 1.16 bits per heavy atom. The first-order valence-electron chi connectivity index (χ1n) is 8.28. The topological polar surface area (TPSA) is 35.6 Å². The number of amides is 1. The van der Waals surface area contributed by atoms with E-state index < -0.39 is 0 Å². The van der Waals surface area contributed by atoms with E-state index in [4.69, 9.17) is 11.6 Å². The first-order chi connectivity index (χ1) is 12.0. The lowest BCUT2D eigenvalue weighted by atomic mass is 10.1. The molecule has 0 radical (unpaired) electrons. The molecule has 0 aliphatic carbocycles. The van der Waals surface area contributed by atoms with Crippen LogP contribution in [0.15, 0.2) is 42.5 Å². The van der Waals surface area contributed by atoms with Crippen LogP contribution in [0.5, 0.6) is 0 Å². The molecule has 0 unspecified atom stereocenters. The molecule has 0 spiro atoms. The van der Waals surface area contributed by atoms with Crippen LogP contribution in [-0.2, 0) is 11.2 Å². The van der Waals surface area contributed by atoms with Crippen LogP contribution in [0.4, 0.5) is 15.8 Å². The van der Waals surface area contributed by atoms with E-state index in [2.05, 4.69) is 22.2 Å². The van der Waals surface area contributed by atoms with Crippen LogP contribution in [0.1, 0.15) is 5.56 Å². The van der Waals surface area contributed by atoms with Crippen LogP contribution < -0.4 is 10.2 Å². The second-order valence-electron chi connectivity index (χ2n) is 6.31. The Balaban J connectivity index is 1.74. The van der Waals surface area contributed by atoms with Crippen molar-refractivity contribution >= 4 is 28.9 Å². The second kappa shape index (κ2) is 7.85. The molecule has 6 heteroatoms. The lowest BCUT2D eigenvalue weighted by Crippen LogP contribution is -2.44. The van der Waals surface area contributed by atoms with Crippen LogP contribution in [0.2, 0.25) is 5.02 Å². The number of carbonyl (C=O) groups excluding carboxylic acids is 1. The first kappa shape index (κ1) is 17.7. The molecule has 2 aromatic rings. The summed E-state index contributed by atoms with van der Waals surface area (Å²) >= 11 is 6.12. The molecular formula is C19H21ClFN3O. The molecule has 1 aliphatic rings. The Labute approximate surface area is 152 Å². The molecule has 1 heterocycles. The molecule has 1 saturated heterocycles. The summed E-state index contributed by atoms with van der Waals surface area (Å²) in [5.41, 5.74) is 2.30. The summed E-state index contributed by atoms with van der Waals surface area (Å²) in [6.07, 6.45) is 0.118. The van der Waals surface area contributed by atoms with Crippen molar-refractivity contribution in [3.63, 3.8) is 0 Å². The molecule has 2 aromatic carbocycles. The molecule has 4 nitrogen and oxygen atoms in total. The minimum atomic E-state index is -0.341. The highest BCUT2D eigenvalue weighted by Gasteiger charge is 2.18. The van der Waals surface area contributed by atoms with Gasteiger partial charge in [0.2, 0.25) is 5.91 Å². The molecule has 3 rings (SSSR count). The number of likely N-dealkylation sites (N-methyl/N-ethyl adjacent to an activating group) is 1.